The fraction of sp³-hybridized carbons (Fsp3) is 0.286. The lowest BCUT2D eigenvalue weighted by molar-refractivity contribution is -0.143. The van der Waals surface area contributed by atoms with E-state index in [9.17, 15) is 19.5 Å². The predicted octanol–water partition coefficient (Wildman–Crippen LogP) is 4.01. The number of aromatic nitrogens is 1. The minimum Gasteiger partial charge on any atom is -0.505 e. The van der Waals surface area contributed by atoms with E-state index in [-0.39, 0.29) is 24.5 Å². The second kappa shape index (κ2) is 9.80. The molecule has 8 nitrogen and oxygen atoms in total. The Hall–Kier alpha value is -3.11. The quantitative estimate of drug-likeness (QED) is 0.461. The van der Waals surface area contributed by atoms with E-state index in [1.807, 2.05) is 29.8 Å². The maximum Gasteiger partial charge on any atom is 0.320 e. The van der Waals surface area contributed by atoms with Crippen LogP contribution in [-0.2, 0) is 16.6 Å². The molecule has 3 rings (SSSR count). The number of rotatable bonds is 7. The number of amides is 2. The SMILES string of the molecule is CCOC(=O)CC(NC(=O)Nc1c(O)ccn(C)c1=O)c1sc(-c2ccsc2)cc1C. The average molecular weight is 462 g/mol. The smallest absolute Gasteiger partial charge is 0.320 e. The zero-order chi connectivity index (χ0) is 22.5. The van der Waals surface area contributed by atoms with Crippen LogP contribution in [0.4, 0.5) is 10.5 Å². The lowest BCUT2D eigenvalue weighted by Crippen LogP contribution is -2.36. The van der Waals surface area contributed by atoms with Crippen molar-refractivity contribution in [3.05, 3.63) is 56.0 Å². The van der Waals surface area contributed by atoms with Crippen molar-refractivity contribution in [2.75, 3.05) is 11.9 Å². The summed E-state index contributed by atoms with van der Waals surface area (Å²) in [7, 11) is 1.51. The summed E-state index contributed by atoms with van der Waals surface area (Å²) in [6.07, 6.45) is 1.33. The molecule has 0 aromatic carbocycles. The summed E-state index contributed by atoms with van der Waals surface area (Å²) in [5.74, 6) is -0.789. The highest BCUT2D eigenvalue weighted by molar-refractivity contribution is 7.16. The molecule has 31 heavy (non-hydrogen) atoms. The summed E-state index contributed by atoms with van der Waals surface area (Å²) < 4.78 is 6.31. The van der Waals surface area contributed by atoms with Crippen LogP contribution in [0.15, 0.2) is 40.0 Å². The molecule has 10 heteroatoms. The van der Waals surface area contributed by atoms with E-state index in [1.54, 1.807) is 18.3 Å². The van der Waals surface area contributed by atoms with Gasteiger partial charge in [-0.1, -0.05) is 0 Å². The molecule has 3 heterocycles. The third-order valence-electron chi connectivity index (χ3n) is 4.54. The zero-order valence-corrected chi connectivity index (χ0v) is 18.9. The van der Waals surface area contributed by atoms with E-state index in [0.29, 0.717) is 0 Å². The number of esters is 1. The monoisotopic (exact) mass is 461 g/mol. The van der Waals surface area contributed by atoms with Gasteiger partial charge in [0, 0.05) is 28.6 Å². The molecule has 0 radical (unpaired) electrons. The van der Waals surface area contributed by atoms with Crippen molar-refractivity contribution in [1.29, 1.82) is 0 Å². The predicted molar refractivity (Wildman–Crippen MR) is 122 cm³/mol. The van der Waals surface area contributed by atoms with Crippen molar-refractivity contribution in [2.45, 2.75) is 26.3 Å². The number of aryl methyl sites for hydroxylation is 2. The molecule has 0 aliphatic heterocycles. The first-order valence-corrected chi connectivity index (χ1v) is 11.3. The number of nitrogens with one attached hydrogen (secondary N) is 2. The van der Waals surface area contributed by atoms with Gasteiger partial charge in [-0.3, -0.25) is 9.59 Å². The molecule has 1 atom stereocenters. The Bertz CT molecular complexity index is 1130. The first-order chi connectivity index (χ1) is 14.8. The minimum absolute atomic E-state index is 0.0650. The van der Waals surface area contributed by atoms with E-state index in [4.69, 9.17) is 4.74 Å². The van der Waals surface area contributed by atoms with Crippen molar-refractivity contribution >= 4 is 40.4 Å². The molecule has 2 amide bonds. The van der Waals surface area contributed by atoms with Gasteiger partial charge in [0.05, 0.1) is 19.1 Å². The summed E-state index contributed by atoms with van der Waals surface area (Å²) in [6.45, 7) is 3.86. The first kappa shape index (κ1) is 22.6. The number of pyridine rings is 1. The molecule has 3 aromatic heterocycles. The lowest BCUT2D eigenvalue weighted by atomic mass is 10.1. The summed E-state index contributed by atoms with van der Waals surface area (Å²) in [4.78, 5) is 38.9. The van der Waals surface area contributed by atoms with Crippen LogP contribution in [0.5, 0.6) is 5.75 Å². The molecule has 3 aromatic rings. The molecule has 0 aliphatic carbocycles. The zero-order valence-electron chi connectivity index (χ0n) is 17.3. The number of anilines is 1. The molecule has 0 saturated carbocycles. The molecule has 0 bridgehead atoms. The Kier molecular flexibility index (Phi) is 7.13. The molecule has 0 aliphatic rings. The molecule has 3 N–H and O–H groups in total. The van der Waals surface area contributed by atoms with Crippen LogP contribution in [0.1, 0.15) is 29.8 Å². The number of thiophene rings is 2. The van der Waals surface area contributed by atoms with Crippen molar-refractivity contribution in [2.24, 2.45) is 7.05 Å². The summed E-state index contributed by atoms with van der Waals surface area (Å²) in [6, 6.07) is 3.96. The Morgan fingerprint density at radius 3 is 2.77 bits per heavy atom. The molecular weight excluding hydrogens is 438 g/mol. The Morgan fingerprint density at radius 2 is 2.10 bits per heavy atom. The highest BCUT2D eigenvalue weighted by Gasteiger charge is 2.24. The van der Waals surface area contributed by atoms with Gasteiger partial charge in [-0.25, -0.2) is 4.79 Å². The van der Waals surface area contributed by atoms with Gasteiger partial charge < -0.3 is 25.0 Å². The van der Waals surface area contributed by atoms with Crippen LogP contribution >= 0.6 is 22.7 Å². The van der Waals surface area contributed by atoms with E-state index in [1.165, 1.54) is 35.2 Å². The van der Waals surface area contributed by atoms with Gasteiger partial charge in [-0.2, -0.15) is 11.3 Å². The van der Waals surface area contributed by atoms with Gasteiger partial charge in [-0.15, -0.1) is 11.3 Å². The van der Waals surface area contributed by atoms with Crippen LogP contribution in [0.3, 0.4) is 0 Å². The highest BCUT2D eigenvalue weighted by atomic mass is 32.1. The third-order valence-corrected chi connectivity index (χ3v) is 6.63. The topological polar surface area (TPSA) is 110 Å². The van der Waals surface area contributed by atoms with E-state index < -0.39 is 23.6 Å². The largest absolute Gasteiger partial charge is 0.505 e. The maximum absolute atomic E-state index is 12.7. The van der Waals surface area contributed by atoms with Gasteiger partial charge in [-0.05, 0) is 48.4 Å². The van der Waals surface area contributed by atoms with E-state index in [2.05, 4.69) is 10.6 Å². The number of hydrogen-bond acceptors (Lipinski definition) is 7. The molecule has 0 fully saturated rings. The highest BCUT2D eigenvalue weighted by Crippen LogP contribution is 2.37. The molecule has 0 spiro atoms. The summed E-state index contributed by atoms with van der Waals surface area (Å²) >= 11 is 3.07. The van der Waals surface area contributed by atoms with Gasteiger partial charge in [0.25, 0.3) is 5.56 Å². The van der Waals surface area contributed by atoms with Crippen LogP contribution in [-0.4, -0.2) is 28.3 Å². The number of hydrogen-bond donors (Lipinski definition) is 3. The van der Waals surface area contributed by atoms with Crippen molar-refractivity contribution < 1.29 is 19.4 Å². The van der Waals surface area contributed by atoms with Crippen LogP contribution < -0.4 is 16.2 Å². The fourth-order valence-electron chi connectivity index (χ4n) is 3.03. The van der Waals surface area contributed by atoms with Gasteiger partial charge in [0.2, 0.25) is 0 Å². The van der Waals surface area contributed by atoms with E-state index in [0.717, 1.165) is 20.9 Å². The van der Waals surface area contributed by atoms with Gasteiger partial charge >= 0.3 is 12.0 Å². The van der Waals surface area contributed by atoms with E-state index >= 15 is 0 Å². The lowest BCUT2D eigenvalue weighted by Gasteiger charge is -2.18. The summed E-state index contributed by atoms with van der Waals surface area (Å²) in [5.41, 5.74) is 1.21. The second-order valence-corrected chi connectivity index (χ2v) is 8.69. The standard InChI is InChI=1S/C21H23N3O5S2/c1-4-29-17(26)10-14(19-12(2)9-16(31-19)13-6-8-30-11-13)22-21(28)23-18-15(25)5-7-24(3)20(18)27/h5-9,11,14,25H,4,10H2,1-3H3,(H2,22,23,28). The number of carbonyl (C=O) groups excluding carboxylic acids is 2. The summed E-state index contributed by atoms with van der Waals surface area (Å²) in [5, 5.41) is 19.1. The number of aromatic hydroxyl groups is 1. The Morgan fingerprint density at radius 1 is 1.32 bits per heavy atom. The average Bonchev–Trinajstić information content (AvgIpc) is 3.37. The first-order valence-electron chi connectivity index (χ1n) is 9.54. The number of ether oxygens (including phenoxy) is 1. The van der Waals surface area contributed by atoms with Crippen molar-refractivity contribution in [3.8, 4) is 16.2 Å². The molecule has 1 unspecified atom stereocenters. The number of urea groups is 1. The number of carbonyl (C=O) groups is 2. The molecule has 164 valence electrons. The molecular formula is C21H23N3O5S2. The van der Waals surface area contributed by atoms with Crippen molar-refractivity contribution in [3.63, 3.8) is 0 Å². The Balaban J connectivity index is 1.86. The van der Waals surface area contributed by atoms with Gasteiger partial charge in [0.15, 0.2) is 5.69 Å². The second-order valence-electron chi connectivity index (χ2n) is 6.82. The van der Waals surface area contributed by atoms with Gasteiger partial charge in [0.1, 0.15) is 5.75 Å². The third kappa shape index (κ3) is 5.33. The fourth-order valence-corrected chi connectivity index (χ4v) is 4.98. The van der Waals surface area contributed by atoms with Crippen LogP contribution in [0, 0.1) is 6.92 Å². The minimum atomic E-state index is -0.710. The maximum atomic E-state index is 12.7. The number of nitrogens with zero attached hydrogens (tertiary/aromatic N) is 1. The van der Waals surface area contributed by atoms with Crippen molar-refractivity contribution in [1.82, 2.24) is 9.88 Å². The van der Waals surface area contributed by atoms with Crippen LogP contribution in [0.2, 0.25) is 0 Å². The Labute approximate surface area is 187 Å². The molecule has 0 saturated heterocycles. The normalized spacial score (nSPS) is 11.7. The van der Waals surface area contributed by atoms with Crippen LogP contribution in [0.25, 0.3) is 10.4 Å².